The lowest BCUT2D eigenvalue weighted by Crippen LogP contribution is -2.05. The van der Waals surface area contributed by atoms with Crippen molar-refractivity contribution in [3.63, 3.8) is 0 Å². The summed E-state index contributed by atoms with van der Waals surface area (Å²) in [7, 11) is 0. The SMILES string of the molecule is O=c1cncc(-c2cncc(F)c2)[nH]1. The molecule has 2 heterocycles. The minimum absolute atomic E-state index is 0.327. The number of pyridine rings is 1. The Balaban J connectivity index is 2.55. The lowest BCUT2D eigenvalue weighted by atomic mass is 10.2. The number of nitrogens with zero attached hydrogens (tertiary/aromatic N) is 2. The molecule has 0 saturated heterocycles. The van der Waals surface area contributed by atoms with Gasteiger partial charge in [-0.2, -0.15) is 0 Å². The molecule has 0 aliphatic heterocycles. The average molecular weight is 191 g/mol. The van der Waals surface area contributed by atoms with Crippen LogP contribution in [0.4, 0.5) is 4.39 Å². The third-order valence-electron chi connectivity index (χ3n) is 1.67. The Morgan fingerprint density at radius 1 is 1.14 bits per heavy atom. The van der Waals surface area contributed by atoms with Crippen molar-refractivity contribution in [2.45, 2.75) is 0 Å². The van der Waals surface area contributed by atoms with Gasteiger partial charge >= 0.3 is 0 Å². The molecule has 0 spiro atoms. The van der Waals surface area contributed by atoms with Crippen LogP contribution in [0.5, 0.6) is 0 Å². The fourth-order valence-corrected chi connectivity index (χ4v) is 1.08. The number of hydrogen-bond acceptors (Lipinski definition) is 3. The summed E-state index contributed by atoms with van der Waals surface area (Å²) < 4.78 is 12.8. The summed E-state index contributed by atoms with van der Waals surface area (Å²) in [4.78, 5) is 20.8. The van der Waals surface area contributed by atoms with Crippen LogP contribution in [0.1, 0.15) is 0 Å². The highest BCUT2D eigenvalue weighted by Gasteiger charge is 2.00. The van der Waals surface area contributed by atoms with E-state index >= 15 is 0 Å². The largest absolute Gasteiger partial charge is 0.319 e. The molecular weight excluding hydrogens is 185 g/mol. The molecule has 0 aliphatic rings. The second-order valence-corrected chi connectivity index (χ2v) is 2.70. The number of rotatable bonds is 1. The summed E-state index contributed by atoms with van der Waals surface area (Å²) in [6.45, 7) is 0. The van der Waals surface area contributed by atoms with Crippen molar-refractivity contribution in [2.75, 3.05) is 0 Å². The monoisotopic (exact) mass is 191 g/mol. The molecule has 14 heavy (non-hydrogen) atoms. The van der Waals surface area contributed by atoms with E-state index in [0.29, 0.717) is 11.3 Å². The van der Waals surface area contributed by atoms with Crippen LogP contribution in [0.2, 0.25) is 0 Å². The van der Waals surface area contributed by atoms with E-state index in [1.807, 2.05) is 0 Å². The van der Waals surface area contributed by atoms with Gasteiger partial charge in [-0.3, -0.25) is 14.8 Å². The van der Waals surface area contributed by atoms with Crippen LogP contribution in [-0.2, 0) is 0 Å². The van der Waals surface area contributed by atoms with E-state index in [0.717, 1.165) is 12.4 Å². The van der Waals surface area contributed by atoms with Gasteiger partial charge in [0.25, 0.3) is 5.56 Å². The van der Waals surface area contributed by atoms with E-state index in [9.17, 15) is 9.18 Å². The highest BCUT2D eigenvalue weighted by atomic mass is 19.1. The quantitative estimate of drug-likeness (QED) is 0.730. The molecule has 5 heteroatoms. The average Bonchev–Trinajstić information content (AvgIpc) is 2.18. The third kappa shape index (κ3) is 1.66. The molecule has 2 aromatic heterocycles. The fraction of sp³-hybridized carbons (Fsp3) is 0. The van der Waals surface area contributed by atoms with Gasteiger partial charge < -0.3 is 4.98 Å². The number of nitrogens with one attached hydrogen (secondary N) is 1. The first-order valence-electron chi connectivity index (χ1n) is 3.91. The zero-order valence-corrected chi connectivity index (χ0v) is 7.07. The molecule has 0 bridgehead atoms. The molecule has 70 valence electrons. The van der Waals surface area contributed by atoms with E-state index in [1.54, 1.807) is 0 Å². The van der Waals surface area contributed by atoms with Gasteiger partial charge in [-0.1, -0.05) is 0 Å². The molecule has 2 aromatic rings. The van der Waals surface area contributed by atoms with Gasteiger partial charge in [0.05, 0.1) is 24.3 Å². The van der Waals surface area contributed by atoms with E-state index in [1.165, 1.54) is 18.5 Å². The van der Waals surface area contributed by atoms with Crippen molar-refractivity contribution < 1.29 is 4.39 Å². The van der Waals surface area contributed by atoms with Gasteiger partial charge in [-0.15, -0.1) is 0 Å². The number of H-pyrrole nitrogens is 1. The van der Waals surface area contributed by atoms with Crippen molar-refractivity contribution in [3.05, 3.63) is 47.0 Å². The summed E-state index contributed by atoms with van der Waals surface area (Å²) in [5.41, 5.74) is 0.617. The van der Waals surface area contributed by atoms with Crippen LogP contribution in [-0.4, -0.2) is 15.0 Å². The topological polar surface area (TPSA) is 58.6 Å². The predicted octanol–water partition coefficient (Wildman–Crippen LogP) is 0.971. The third-order valence-corrected chi connectivity index (χ3v) is 1.67. The maximum absolute atomic E-state index is 12.8. The van der Waals surface area contributed by atoms with Crippen LogP contribution in [0.3, 0.4) is 0 Å². The summed E-state index contributed by atoms with van der Waals surface area (Å²) in [6, 6.07) is 1.28. The Labute approximate surface area is 78.5 Å². The van der Waals surface area contributed by atoms with Gasteiger partial charge in [0, 0.05) is 11.8 Å². The number of halogens is 1. The lowest BCUT2D eigenvalue weighted by molar-refractivity contribution is 0.622. The van der Waals surface area contributed by atoms with Crippen molar-refractivity contribution in [1.29, 1.82) is 0 Å². The van der Waals surface area contributed by atoms with Gasteiger partial charge in [0.2, 0.25) is 0 Å². The zero-order valence-electron chi connectivity index (χ0n) is 7.07. The first-order valence-corrected chi connectivity index (χ1v) is 3.91. The first kappa shape index (κ1) is 8.55. The van der Waals surface area contributed by atoms with Crippen LogP contribution < -0.4 is 5.56 Å². The molecule has 4 nitrogen and oxygen atoms in total. The number of hydrogen-bond donors (Lipinski definition) is 1. The second kappa shape index (κ2) is 3.37. The Hall–Kier alpha value is -2.04. The van der Waals surface area contributed by atoms with E-state index < -0.39 is 5.82 Å². The molecule has 0 saturated carbocycles. The van der Waals surface area contributed by atoms with E-state index in [-0.39, 0.29) is 5.56 Å². The molecule has 2 rings (SSSR count). The Kier molecular flexibility index (Phi) is 2.06. The Bertz CT molecular complexity index is 509. The van der Waals surface area contributed by atoms with Crippen molar-refractivity contribution in [1.82, 2.24) is 15.0 Å². The van der Waals surface area contributed by atoms with Crippen LogP contribution in [0.15, 0.2) is 35.6 Å². The smallest absolute Gasteiger partial charge is 0.266 e. The molecule has 0 fully saturated rings. The van der Waals surface area contributed by atoms with Crippen molar-refractivity contribution in [3.8, 4) is 11.3 Å². The van der Waals surface area contributed by atoms with E-state index in [4.69, 9.17) is 0 Å². The molecule has 0 amide bonds. The minimum Gasteiger partial charge on any atom is -0.319 e. The van der Waals surface area contributed by atoms with Gasteiger partial charge in [0.15, 0.2) is 0 Å². The molecule has 0 aromatic carbocycles. The molecule has 0 radical (unpaired) electrons. The van der Waals surface area contributed by atoms with Crippen molar-refractivity contribution >= 4 is 0 Å². The molecule has 1 N–H and O–H groups in total. The van der Waals surface area contributed by atoms with Crippen molar-refractivity contribution in [2.24, 2.45) is 0 Å². The summed E-state index contributed by atoms with van der Waals surface area (Å²) in [5.74, 6) is -0.452. The van der Waals surface area contributed by atoms with Gasteiger partial charge in [-0.25, -0.2) is 4.39 Å². The van der Waals surface area contributed by atoms with Crippen LogP contribution in [0, 0.1) is 5.82 Å². The standard InChI is InChI=1S/C9H6FN3O/c10-7-1-6(2-11-3-7)8-4-12-5-9(14)13-8/h1-5H,(H,13,14). The lowest BCUT2D eigenvalue weighted by Gasteiger charge is -1.98. The van der Waals surface area contributed by atoms with Crippen LogP contribution >= 0.6 is 0 Å². The van der Waals surface area contributed by atoms with Gasteiger partial charge in [0.1, 0.15) is 5.82 Å². The normalized spacial score (nSPS) is 10.1. The highest BCUT2D eigenvalue weighted by molar-refractivity contribution is 5.55. The summed E-state index contributed by atoms with van der Waals surface area (Å²) >= 11 is 0. The Morgan fingerprint density at radius 2 is 1.93 bits per heavy atom. The minimum atomic E-state index is -0.452. The van der Waals surface area contributed by atoms with Gasteiger partial charge in [-0.05, 0) is 6.07 Å². The summed E-state index contributed by atoms with van der Waals surface area (Å²) in [6.07, 6.45) is 5.14. The molecule has 0 unspecified atom stereocenters. The van der Waals surface area contributed by atoms with E-state index in [2.05, 4.69) is 15.0 Å². The maximum Gasteiger partial charge on any atom is 0.266 e. The number of aromatic amines is 1. The fourth-order valence-electron chi connectivity index (χ4n) is 1.08. The van der Waals surface area contributed by atoms with Crippen LogP contribution in [0.25, 0.3) is 11.3 Å². The maximum atomic E-state index is 12.8. The predicted molar refractivity (Wildman–Crippen MR) is 48.0 cm³/mol. The molecular formula is C9H6FN3O. The first-order chi connectivity index (χ1) is 6.75. The zero-order chi connectivity index (χ0) is 9.97. The highest BCUT2D eigenvalue weighted by Crippen LogP contribution is 2.13. The molecule has 0 atom stereocenters. The molecule has 0 aliphatic carbocycles. The Morgan fingerprint density at radius 3 is 2.64 bits per heavy atom. The number of aromatic nitrogens is 3. The summed E-state index contributed by atoms with van der Waals surface area (Å²) in [5, 5.41) is 0. The second-order valence-electron chi connectivity index (χ2n) is 2.70.